The van der Waals surface area contributed by atoms with Crippen LogP contribution in [0.2, 0.25) is 0 Å². The third-order valence-electron chi connectivity index (χ3n) is 7.64. The minimum atomic E-state index is -3.52. The first-order valence-corrected chi connectivity index (χ1v) is 15.1. The maximum atomic E-state index is 13.3. The van der Waals surface area contributed by atoms with Gasteiger partial charge in [-0.05, 0) is 68.1 Å². The molecule has 1 saturated heterocycles. The van der Waals surface area contributed by atoms with E-state index in [9.17, 15) is 8.42 Å². The fourth-order valence-electron chi connectivity index (χ4n) is 5.27. The van der Waals surface area contributed by atoms with E-state index >= 15 is 0 Å². The molecule has 0 saturated carbocycles. The van der Waals surface area contributed by atoms with Crippen LogP contribution in [0.25, 0.3) is 10.9 Å². The molecule has 5 rings (SSSR count). The van der Waals surface area contributed by atoms with E-state index in [-0.39, 0.29) is 6.04 Å². The normalized spacial score (nSPS) is 15.9. The number of aryl methyl sites for hydroxylation is 3. The van der Waals surface area contributed by atoms with Crippen molar-refractivity contribution in [3.63, 3.8) is 0 Å². The largest absolute Gasteiger partial charge is 0.339 e. The molecule has 1 aliphatic rings. The zero-order valence-corrected chi connectivity index (χ0v) is 24.0. The number of anilines is 2. The van der Waals surface area contributed by atoms with Gasteiger partial charge in [-0.15, -0.1) is 0 Å². The Morgan fingerprint density at radius 3 is 2.21 bits per heavy atom. The molecule has 204 valence electrons. The Bertz CT molecular complexity index is 1540. The van der Waals surface area contributed by atoms with Crippen LogP contribution >= 0.6 is 0 Å². The lowest BCUT2D eigenvalue weighted by Gasteiger charge is -2.37. The quantitative estimate of drug-likeness (QED) is 0.293. The molecule has 1 aromatic heterocycles. The molecule has 0 spiro atoms. The van der Waals surface area contributed by atoms with E-state index in [2.05, 4.69) is 56.1 Å². The highest BCUT2D eigenvalue weighted by Gasteiger charge is 2.31. The van der Waals surface area contributed by atoms with Crippen molar-refractivity contribution in [1.82, 2.24) is 19.2 Å². The third kappa shape index (κ3) is 5.69. The van der Waals surface area contributed by atoms with Crippen molar-refractivity contribution < 1.29 is 8.42 Å². The number of nitrogens with zero attached hydrogens (tertiary/aromatic N) is 4. The summed E-state index contributed by atoms with van der Waals surface area (Å²) in [6.45, 7) is 10.5. The summed E-state index contributed by atoms with van der Waals surface area (Å²) >= 11 is 0. The molecular formula is C31H37N5O2S. The number of benzene rings is 3. The third-order valence-corrected chi connectivity index (χ3v) is 9.55. The maximum Gasteiger partial charge on any atom is 0.243 e. The van der Waals surface area contributed by atoms with Crippen molar-refractivity contribution in [1.29, 1.82) is 0 Å². The van der Waals surface area contributed by atoms with E-state index in [4.69, 9.17) is 9.97 Å². The smallest absolute Gasteiger partial charge is 0.243 e. The summed E-state index contributed by atoms with van der Waals surface area (Å²) in [7, 11) is -3.52. The fourth-order valence-corrected chi connectivity index (χ4v) is 6.69. The molecule has 0 amide bonds. The zero-order chi connectivity index (χ0) is 27.6. The molecule has 0 unspecified atom stereocenters. The number of hydrogen-bond acceptors (Lipinski definition) is 6. The van der Waals surface area contributed by atoms with Crippen LogP contribution in [-0.2, 0) is 16.4 Å². The predicted molar refractivity (Wildman–Crippen MR) is 158 cm³/mol. The number of hydrogen-bond donors (Lipinski definition) is 1. The second kappa shape index (κ2) is 11.4. The van der Waals surface area contributed by atoms with Gasteiger partial charge in [-0.1, -0.05) is 55.8 Å². The average molecular weight is 544 g/mol. The van der Waals surface area contributed by atoms with Gasteiger partial charge < -0.3 is 5.32 Å². The van der Waals surface area contributed by atoms with Gasteiger partial charge in [-0.2, -0.15) is 4.31 Å². The Morgan fingerprint density at radius 1 is 0.872 bits per heavy atom. The number of nitrogens with one attached hydrogen (secondary N) is 1. The minimum Gasteiger partial charge on any atom is -0.339 e. The highest BCUT2D eigenvalue weighted by atomic mass is 32.2. The summed E-state index contributed by atoms with van der Waals surface area (Å²) in [5.41, 5.74) is 5.42. The number of fused-ring (bicyclic) bond motifs is 1. The van der Waals surface area contributed by atoms with Crippen LogP contribution in [0.4, 0.5) is 11.5 Å². The van der Waals surface area contributed by atoms with Gasteiger partial charge in [0.2, 0.25) is 10.0 Å². The van der Waals surface area contributed by atoms with Crippen LogP contribution in [0.1, 0.15) is 48.8 Å². The SMILES string of the molecule is CCCc1ccc(S(=O)(=O)N2CCN([C@H](C)c3nc(Nc4c(C)cccc4C)c4ccccc4n3)CC2)cc1. The second-order valence-corrected chi connectivity index (χ2v) is 12.3. The number of piperazine rings is 1. The summed E-state index contributed by atoms with van der Waals surface area (Å²) in [5, 5.41) is 4.55. The van der Waals surface area contributed by atoms with Crippen LogP contribution in [-0.4, -0.2) is 53.8 Å². The van der Waals surface area contributed by atoms with E-state index in [1.807, 2.05) is 36.4 Å². The van der Waals surface area contributed by atoms with Crippen LogP contribution < -0.4 is 5.32 Å². The standard InChI is InChI=1S/C31H37N5O2S/c1-5-9-25-14-16-26(17-15-25)39(37,38)36-20-18-35(19-21-36)24(4)30-32-28-13-7-6-12-27(28)31(34-30)33-29-22(2)10-8-11-23(29)3/h6-8,10-17,24H,5,9,18-21H2,1-4H3,(H,32,33,34)/t24-/m1/s1. The topological polar surface area (TPSA) is 78.4 Å². The predicted octanol–water partition coefficient (Wildman–Crippen LogP) is 6.01. The molecule has 2 heterocycles. The molecular weight excluding hydrogens is 506 g/mol. The average Bonchev–Trinajstić information content (AvgIpc) is 2.95. The number of sulfonamides is 1. The molecule has 1 fully saturated rings. The summed E-state index contributed by atoms with van der Waals surface area (Å²) in [5.74, 6) is 1.51. The van der Waals surface area contributed by atoms with E-state index in [0.29, 0.717) is 31.1 Å². The lowest BCUT2D eigenvalue weighted by Crippen LogP contribution is -2.49. The Hall–Kier alpha value is -3.33. The monoisotopic (exact) mass is 543 g/mol. The van der Waals surface area contributed by atoms with Crippen molar-refractivity contribution in [3.05, 3.63) is 89.2 Å². The highest BCUT2D eigenvalue weighted by Crippen LogP contribution is 2.30. The number of rotatable bonds is 8. The summed E-state index contributed by atoms with van der Waals surface area (Å²) in [6.07, 6.45) is 1.99. The molecule has 4 aromatic rings. The summed E-state index contributed by atoms with van der Waals surface area (Å²) in [4.78, 5) is 12.5. The van der Waals surface area contributed by atoms with Crippen molar-refractivity contribution in [2.45, 2.75) is 51.5 Å². The molecule has 0 bridgehead atoms. The van der Waals surface area contributed by atoms with E-state index in [0.717, 1.165) is 57.8 Å². The van der Waals surface area contributed by atoms with Gasteiger partial charge in [-0.3, -0.25) is 4.90 Å². The Morgan fingerprint density at radius 2 is 1.54 bits per heavy atom. The van der Waals surface area contributed by atoms with Gasteiger partial charge in [0, 0.05) is 37.3 Å². The van der Waals surface area contributed by atoms with Crippen molar-refractivity contribution in [2.75, 3.05) is 31.5 Å². The molecule has 3 aromatic carbocycles. The van der Waals surface area contributed by atoms with Crippen LogP contribution in [0.5, 0.6) is 0 Å². The van der Waals surface area contributed by atoms with Crippen molar-refractivity contribution >= 4 is 32.4 Å². The zero-order valence-electron chi connectivity index (χ0n) is 23.2. The van der Waals surface area contributed by atoms with Gasteiger partial charge in [0.1, 0.15) is 11.6 Å². The number of aromatic nitrogens is 2. The van der Waals surface area contributed by atoms with Crippen LogP contribution in [0.15, 0.2) is 71.6 Å². The van der Waals surface area contributed by atoms with Crippen LogP contribution in [0.3, 0.4) is 0 Å². The molecule has 39 heavy (non-hydrogen) atoms. The molecule has 1 N–H and O–H groups in total. The first-order valence-electron chi connectivity index (χ1n) is 13.7. The number of para-hydroxylation sites is 2. The van der Waals surface area contributed by atoms with E-state index in [1.165, 1.54) is 0 Å². The van der Waals surface area contributed by atoms with Gasteiger partial charge in [0.15, 0.2) is 0 Å². The molecule has 1 atom stereocenters. The Kier molecular flexibility index (Phi) is 7.98. The first-order chi connectivity index (χ1) is 18.8. The first kappa shape index (κ1) is 27.2. The Labute approximate surface area is 232 Å². The fraction of sp³-hybridized carbons (Fsp3) is 0.355. The molecule has 1 aliphatic heterocycles. The highest BCUT2D eigenvalue weighted by molar-refractivity contribution is 7.89. The van der Waals surface area contributed by atoms with Gasteiger partial charge in [0.25, 0.3) is 0 Å². The van der Waals surface area contributed by atoms with Crippen LogP contribution in [0, 0.1) is 13.8 Å². The molecule has 0 radical (unpaired) electrons. The molecule has 8 heteroatoms. The lowest BCUT2D eigenvalue weighted by atomic mass is 10.1. The van der Waals surface area contributed by atoms with Gasteiger partial charge in [0.05, 0.1) is 16.5 Å². The second-order valence-electron chi connectivity index (χ2n) is 10.3. The molecule has 0 aliphatic carbocycles. The van der Waals surface area contributed by atoms with Gasteiger partial charge in [-0.25, -0.2) is 18.4 Å². The summed E-state index contributed by atoms with van der Waals surface area (Å²) in [6, 6.07) is 21.6. The van der Waals surface area contributed by atoms with Gasteiger partial charge >= 0.3 is 0 Å². The van der Waals surface area contributed by atoms with Crippen molar-refractivity contribution in [2.24, 2.45) is 0 Å². The van der Waals surface area contributed by atoms with Crippen molar-refractivity contribution in [3.8, 4) is 0 Å². The molecule has 7 nitrogen and oxygen atoms in total. The summed E-state index contributed by atoms with van der Waals surface area (Å²) < 4.78 is 28.2. The van der Waals surface area contributed by atoms with E-state index in [1.54, 1.807) is 16.4 Å². The lowest BCUT2D eigenvalue weighted by molar-refractivity contribution is 0.141. The Balaban J connectivity index is 1.35. The minimum absolute atomic E-state index is 0.0636. The van der Waals surface area contributed by atoms with E-state index < -0.39 is 10.0 Å². The maximum absolute atomic E-state index is 13.3.